The Labute approximate surface area is 164 Å². The van der Waals surface area contributed by atoms with E-state index in [1.807, 2.05) is 12.4 Å². The molecule has 2 aromatic heterocycles. The number of nitrogens with zero attached hydrogens (tertiary/aromatic N) is 2. The lowest BCUT2D eigenvalue weighted by atomic mass is 10.0. The molecule has 5 heteroatoms. The van der Waals surface area contributed by atoms with E-state index in [4.69, 9.17) is 9.47 Å². The molecule has 0 aliphatic carbocycles. The van der Waals surface area contributed by atoms with Gasteiger partial charge in [-0.2, -0.15) is 0 Å². The van der Waals surface area contributed by atoms with E-state index in [1.54, 1.807) is 11.3 Å². The molecule has 3 heterocycles. The summed E-state index contributed by atoms with van der Waals surface area (Å²) in [7, 11) is 0. The normalized spacial score (nSPS) is 15.4. The Kier molecular flexibility index (Phi) is 5.62. The molecular formula is C22H24N2O2S. The van der Waals surface area contributed by atoms with Gasteiger partial charge in [-0.3, -0.25) is 4.98 Å². The zero-order chi connectivity index (χ0) is 18.6. The summed E-state index contributed by atoms with van der Waals surface area (Å²) in [6, 6.07) is 12.5. The van der Waals surface area contributed by atoms with Crippen LogP contribution >= 0.6 is 11.3 Å². The highest BCUT2D eigenvalue weighted by atomic mass is 32.1. The van der Waals surface area contributed by atoms with Crippen molar-refractivity contribution in [3.05, 3.63) is 59.9 Å². The predicted molar refractivity (Wildman–Crippen MR) is 109 cm³/mol. The van der Waals surface area contributed by atoms with Crippen LogP contribution in [0.3, 0.4) is 0 Å². The second-order valence-electron chi connectivity index (χ2n) is 7.23. The van der Waals surface area contributed by atoms with Crippen molar-refractivity contribution in [2.75, 3.05) is 13.2 Å². The van der Waals surface area contributed by atoms with Gasteiger partial charge in [0.05, 0.1) is 23.8 Å². The fourth-order valence-electron chi connectivity index (χ4n) is 3.15. The van der Waals surface area contributed by atoms with Crippen molar-refractivity contribution < 1.29 is 9.47 Å². The van der Waals surface area contributed by atoms with E-state index in [0.29, 0.717) is 5.92 Å². The molecule has 1 aliphatic heterocycles. The molecule has 0 bridgehead atoms. The summed E-state index contributed by atoms with van der Waals surface area (Å²) < 4.78 is 11.3. The van der Waals surface area contributed by atoms with E-state index < -0.39 is 0 Å². The molecule has 1 aliphatic rings. The lowest BCUT2D eigenvalue weighted by Crippen LogP contribution is -2.17. The largest absolute Gasteiger partial charge is 0.348 e. The third-order valence-corrected chi connectivity index (χ3v) is 5.55. The first-order valence-electron chi connectivity index (χ1n) is 9.44. The molecule has 27 heavy (non-hydrogen) atoms. The number of thiazole rings is 1. The minimum absolute atomic E-state index is 0.242. The highest BCUT2D eigenvalue weighted by molar-refractivity contribution is 7.18. The zero-order valence-corrected chi connectivity index (χ0v) is 16.5. The predicted octanol–water partition coefficient (Wildman–Crippen LogP) is 5.51. The van der Waals surface area contributed by atoms with Crippen molar-refractivity contribution in [2.45, 2.75) is 33.0 Å². The number of ether oxygens (including phenoxy) is 2. The first kappa shape index (κ1) is 18.3. The van der Waals surface area contributed by atoms with Gasteiger partial charge in [0.25, 0.3) is 0 Å². The Hall–Kier alpha value is -2.08. The van der Waals surface area contributed by atoms with Crippen LogP contribution in [0.1, 0.15) is 37.7 Å². The van der Waals surface area contributed by atoms with Crippen LogP contribution in [0.2, 0.25) is 0 Å². The van der Waals surface area contributed by atoms with Gasteiger partial charge in [0.2, 0.25) is 0 Å². The Morgan fingerprint density at radius 2 is 1.78 bits per heavy atom. The van der Waals surface area contributed by atoms with Crippen LogP contribution in [0.5, 0.6) is 0 Å². The Morgan fingerprint density at radius 3 is 2.44 bits per heavy atom. The number of benzene rings is 1. The molecule has 1 fully saturated rings. The molecule has 0 atom stereocenters. The van der Waals surface area contributed by atoms with Crippen LogP contribution in [0.25, 0.3) is 21.1 Å². The molecule has 0 radical (unpaired) electrons. The van der Waals surface area contributed by atoms with Gasteiger partial charge in [-0.25, -0.2) is 4.98 Å². The van der Waals surface area contributed by atoms with Crippen molar-refractivity contribution in [3.8, 4) is 21.1 Å². The summed E-state index contributed by atoms with van der Waals surface area (Å²) in [5.41, 5.74) is 4.41. The summed E-state index contributed by atoms with van der Waals surface area (Å²) >= 11 is 1.66. The molecule has 0 N–H and O–H groups in total. The maximum atomic E-state index is 5.66. The average Bonchev–Trinajstić information content (AvgIpc) is 3.19. The molecule has 1 aromatic carbocycles. The third-order valence-electron chi connectivity index (χ3n) is 4.48. The lowest BCUT2D eigenvalue weighted by molar-refractivity contribution is -0.183. The fraction of sp³-hybridized carbons (Fsp3) is 0.364. The van der Waals surface area contributed by atoms with Gasteiger partial charge in [-0.15, -0.1) is 11.3 Å². The van der Waals surface area contributed by atoms with Crippen LogP contribution in [-0.4, -0.2) is 23.2 Å². The van der Waals surface area contributed by atoms with E-state index in [-0.39, 0.29) is 6.29 Å². The van der Waals surface area contributed by atoms with Crippen molar-refractivity contribution in [1.29, 1.82) is 0 Å². The standard InChI is InChI=1S/C22H24N2O2S/c1-15(2)12-16-4-9-19(23-13-16)20-14-24-21(27-20)17-5-7-18(8-6-17)22-25-10-3-11-26-22/h4-9,13-15,22H,3,10-12H2,1-2H3. The minimum Gasteiger partial charge on any atom is -0.348 e. The van der Waals surface area contributed by atoms with Crippen molar-refractivity contribution in [3.63, 3.8) is 0 Å². The number of hydrogen-bond acceptors (Lipinski definition) is 5. The van der Waals surface area contributed by atoms with Crippen molar-refractivity contribution >= 4 is 11.3 Å². The van der Waals surface area contributed by atoms with Gasteiger partial charge in [0.15, 0.2) is 6.29 Å². The van der Waals surface area contributed by atoms with Gasteiger partial charge >= 0.3 is 0 Å². The average molecular weight is 381 g/mol. The van der Waals surface area contributed by atoms with E-state index in [2.05, 4.69) is 60.2 Å². The Morgan fingerprint density at radius 1 is 1.00 bits per heavy atom. The van der Waals surface area contributed by atoms with Gasteiger partial charge in [-0.05, 0) is 30.4 Å². The molecule has 0 spiro atoms. The molecule has 3 aromatic rings. The first-order valence-corrected chi connectivity index (χ1v) is 10.3. The molecule has 4 nitrogen and oxygen atoms in total. The molecule has 4 rings (SSSR count). The molecular weight excluding hydrogens is 356 g/mol. The SMILES string of the molecule is CC(C)Cc1ccc(-c2cnc(-c3ccc(C4OCCCO4)cc3)s2)nc1. The van der Waals surface area contributed by atoms with Crippen LogP contribution in [-0.2, 0) is 15.9 Å². The Balaban J connectivity index is 1.48. The van der Waals surface area contributed by atoms with Gasteiger partial charge in [0, 0.05) is 23.5 Å². The number of hydrogen-bond donors (Lipinski definition) is 0. The topological polar surface area (TPSA) is 44.2 Å². The lowest BCUT2D eigenvalue weighted by Gasteiger charge is -2.23. The summed E-state index contributed by atoms with van der Waals surface area (Å²) in [6.45, 7) is 5.96. The van der Waals surface area contributed by atoms with E-state index in [9.17, 15) is 0 Å². The minimum atomic E-state index is -0.242. The zero-order valence-electron chi connectivity index (χ0n) is 15.7. The summed E-state index contributed by atoms with van der Waals surface area (Å²) in [5, 5.41) is 0.995. The third kappa shape index (κ3) is 4.43. The van der Waals surface area contributed by atoms with Crippen molar-refractivity contribution in [1.82, 2.24) is 9.97 Å². The van der Waals surface area contributed by atoms with Crippen LogP contribution in [0.15, 0.2) is 48.8 Å². The summed E-state index contributed by atoms with van der Waals surface area (Å²) in [4.78, 5) is 10.3. The van der Waals surface area contributed by atoms with E-state index >= 15 is 0 Å². The van der Waals surface area contributed by atoms with E-state index in [1.165, 1.54) is 5.56 Å². The Bertz CT molecular complexity index is 866. The maximum Gasteiger partial charge on any atom is 0.183 e. The molecule has 1 saturated heterocycles. The second kappa shape index (κ2) is 8.30. The van der Waals surface area contributed by atoms with Crippen LogP contribution < -0.4 is 0 Å². The van der Waals surface area contributed by atoms with Gasteiger partial charge in [0.1, 0.15) is 5.01 Å². The maximum absolute atomic E-state index is 5.66. The fourth-order valence-corrected chi connectivity index (χ4v) is 4.05. The summed E-state index contributed by atoms with van der Waals surface area (Å²) in [6.07, 6.45) is 5.66. The molecule has 0 saturated carbocycles. The highest BCUT2D eigenvalue weighted by Crippen LogP contribution is 2.32. The number of rotatable bonds is 5. The molecule has 140 valence electrons. The van der Waals surface area contributed by atoms with Crippen molar-refractivity contribution in [2.24, 2.45) is 5.92 Å². The highest BCUT2D eigenvalue weighted by Gasteiger charge is 2.16. The van der Waals surface area contributed by atoms with E-state index in [0.717, 1.165) is 52.8 Å². The smallest absolute Gasteiger partial charge is 0.183 e. The molecule has 0 amide bonds. The summed E-state index contributed by atoms with van der Waals surface area (Å²) in [5.74, 6) is 0.639. The van der Waals surface area contributed by atoms with Crippen LogP contribution in [0.4, 0.5) is 0 Å². The number of aromatic nitrogens is 2. The van der Waals surface area contributed by atoms with Gasteiger partial charge in [-0.1, -0.05) is 44.2 Å². The van der Waals surface area contributed by atoms with Gasteiger partial charge < -0.3 is 9.47 Å². The quantitative estimate of drug-likeness (QED) is 0.586. The second-order valence-corrected chi connectivity index (χ2v) is 8.26. The number of pyridine rings is 1. The van der Waals surface area contributed by atoms with Crippen LogP contribution in [0, 0.1) is 5.92 Å². The monoisotopic (exact) mass is 380 g/mol. The first-order chi connectivity index (χ1) is 13.2. The molecule has 0 unspecified atom stereocenters.